The van der Waals surface area contributed by atoms with Crippen molar-refractivity contribution in [3.63, 3.8) is 0 Å². The second-order valence-electron chi connectivity index (χ2n) is 21.6. The first kappa shape index (κ1) is 52.5. The first-order chi connectivity index (χ1) is 40.1. The summed E-state index contributed by atoms with van der Waals surface area (Å²) in [5, 5.41) is 0. The van der Waals surface area contributed by atoms with Crippen LogP contribution in [0.15, 0.2) is 291 Å². The highest BCUT2D eigenvalue weighted by Gasteiger charge is 2.18. The molecule has 0 aromatic heterocycles. The molecule has 0 aliphatic carbocycles. The summed E-state index contributed by atoms with van der Waals surface area (Å²) in [4.78, 5) is 9.32. The molecular formula is C78H66N4. The Bertz CT molecular complexity index is 3680. The molecule has 0 N–H and O–H groups in total. The van der Waals surface area contributed by atoms with E-state index in [1.54, 1.807) is 0 Å². The molecule has 0 bridgehead atoms. The highest BCUT2D eigenvalue weighted by atomic mass is 15.2. The molecule has 0 amide bonds. The molecule has 0 aliphatic rings. The molecule has 12 aromatic carbocycles. The number of rotatable bonds is 15. The average Bonchev–Trinajstić information content (AvgIpc) is 3.62. The molecule has 12 rings (SSSR count). The summed E-state index contributed by atoms with van der Waals surface area (Å²) in [5.74, 6) is 0. The van der Waals surface area contributed by atoms with Gasteiger partial charge in [0.25, 0.3) is 0 Å². The van der Waals surface area contributed by atoms with Crippen LogP contribution in [0.25, 0.3) is 33.4 Å². The van der Waals surface area contributed by atoms with Crippen LogP contribution in [0.4, 0.5) is 68.2 Å². The SMILES string of the molecule is Cc1ccc(N(c2ccc(C)cc2)c2ccc(-c3ccc(N(c4ccc(C)cc4)c4ccc(-c5ccc(N(c6ccc(C)cc6)c6ccc(-c7ccc(N(c8ccc(C)cc8)c8ccc(C)cc8)cc7)cc6)cc5)cc4)cc3)cc2)cc1. The van der Waals surface area contributed by atoms with E-state index in [0.717, 1.165) is 90.5 Å². The van der Waals surface area contributed by atoms with Crippen LogP contribution in [-0.4, -0.2) is 0 Å². The minimum Gasteiger partial charge on any atom is -0.311 e. The van der Waals surface area contributed by atoms with E-state index >= 15 is 0 Å². The summed E-state index contributed by atoms with van der Waals surface area (Å²) >= 11 is 0. The van der Waals surface area contributed by atoms with Crippen molar-refractivity contribution in [1.29, 1.82) is 0 Å². The molecule has 0 saturated carbocycles. The minimum absolute atomic E-state index is 1.09. The number of nitrogens with zero attached hydrogens (tertiary/aromatic N) is 4. The third kappa shape index (κ3) is 11.5. The van der Waals surface area contributed by atoms with Gasteiger partial charge < -0.3 is 19.6 Å². The second-order valence-corrected chi connectivity index (χ2v) is 21.6. The molecule has 82 heavy (non-hydrogen) atoms. The monoisotopic (exact) mass is 1060 g/mol. The van der Waals surface area contributed by atoms with E-state index in [-0.39, 0.29) is 0 Å². The Balaban J connectivity index is 0.783. The van der Waals surface area contributed by atoms with Crippen LogP contribution in [0.5, 0.6) is 0 Å². The zero-order chi connectivity index (χ0) is 56.1. The van der Waals surface area contributed by atoms with Gasteiger partial charge in [-0.1, -0.05) is 179 Å². The van der Waals surface area contributed by atoms with Gasteiger partial charge in [-0.15, -0.1) is 0 Å². The van der Waals surface area contributed by atoms with Gasteiger partial charge in [-0.2, -0.15) is 0 Å². The number of benzene rings is 12. The Kier molecular flexibility index (Phi) is 14.9. The lowest BCUT2D eigenvalue weighted by Crippen LogP contribution is -2.10. The zero-order valence-corrected chi connectivity index (χ0v) is 47.5. The molecule has 12 aromatic rings. The van der Waals surface area contributed by atoms with Gasteiger partial charge >= 0.3 is 0 Å². The van der Waals surface area contributed by atoms with Gasteiger partial charge in [-0.05, 0) is 221 Å². The van der Waals surface area contributed by atoms with Gasteiger partial charge in [0.05, 0.1) is 0 Å². The fourth-order valence-electron chi connectivity index (χ4n) is 10.8. The molecule has 0 heterocycles. The fraction of sp³-hybridized carbons (Fsp3) is 0.0769. The van der Waals surface area contributed by atoms with E-state index in [1.165, 1.54) is 44.5 Å². The van der Waals surface area contributed by atoms with Crippen molar-refractivity contribution in [3.8, 4) is 33.4 Å². The van der Waals surface area contributed by atoms with Crippen molar-refractivity contribution in [2.75, 3.05) is 19.6 Å². The van der Waals surface area contributed by atoms with Crippen LogP contribution >= 0.6 is 0 Å². The largest absolute Gasteiger partial charge is 0.311 e. The number of hydrogen-bond acceptors (Lipinski definition) is 4. The summed E-state index contributed by atoms with van der Waals surface area (Å²) in [6.07, 6.45) is 0. The molecule has 0 fully saturated rings. The molecule has 0 saturated heterocycles. The van der Waals surface area contributed by atoms with Gasteiger partial charge in [0.1, 0.15) is 0 Å². The van der Waals surface area contributed by atoms with E-state index < -0.39 is 0 Å². The summed E-state index contributed by atoms with van der Waals surface area (Å²) in [6, 6.07) is 106. The molecular weight excluding hydrogens is 993 g/mol. The van der Waals surface area contributed by atoms with Gasteiger partial charge in [-0.25, -0.2) is 0 Å². The van der Waals surface area contributed by atoms with Crippen molar-refractivity contribution in [1.82, 2.24) is 0 Å². The highest BCUT2D eigenvalue weighted by Crippen LogP contribution is 2.42. The molecule has 0 atom stereocenters. The predicted molar refractivity (Wildman–Crippen MR) is 350 cm³/mol. The molecule has 0 spiro atoms. The lowest BCUT2D eigenvalue weighted by atomic mass is 10.0. The predicted octanol–water partition coefficient (Wildman–Crippen LogP) is 22.4. The molecule has 0 aliphatic heterocycles. The van der Waals surface area contributed by atoms with Crippen LogP contribution in [0, 0.1) is 41.5 Å². The Hall–Kier alpha value is -10.2. The standard InChI is InChI=1S/C78H66N4/c1-55-7-31-67(32-8-55)79(68-33-9-56(2)10-34-68)73-43-19-61(20-44-73)63-23-47-75(48-24-63)81(71-39-15-59(5)16-40-71)77-51-27-65(28-52-77)66-29-53-78(54-30-66)82(72-41-17-60(6)18-42-72)76-49-25-64(26-50-76)62-21-45-74(46-22-62)80(69-35-11-57(3)12-36-69)70-37-13-58(4)14-38-70/h7-54H,1-6H3. The Morgan fingerprint density at radius 1 is 0.122 bits per heavy atom. The molecule has 398 valence electrons. The number of hydrogen-bond donors (Lipinski definition) is 0. The van der Waals surface area contributed by atoms with Gasteiger partial charge in [0.15, 0.2) is 0 Å². The summed E-state index contributed by atoms with van der Waals surface area (Å²) in [5.41, 5.74) is 27.7. The topological polar surface area (TPSA) is 13.0 Å². The molecule has 0 radical (unpaired) electrons. The molecule has 0 unspecified atom stereocenters. The van der Waals surface area contributed by atoms with Crippen LogP contribution in [0.1, 0.15) is 33.4 Å². The van der Waals surface area contributed by atoms with Crippen molar-refractivity contribution in [3.05, 3.63) is 325 Å². The normalized spacial score (nSPS) is 11.0. The summed E-state index contributed by atoms with van der Waals surface area (Å²) in [7, 11) is 0. The van der Waals surface area contributed by atoms with Gasteiger partial charge in [-0.3, -0.25) is 0 Å². The first-order valence-electron chi connectivity index (χ1n) is 28.3. The number of anilines is 12. The quantitative estimate of drug-likeness (QED) is 0.101. The van der Waals surface area contributed by atoms with Crippen molar-refractivity contribution in [2.45, 2.75) is 41.5 Å². The van der Waals surface area contributed by atoms with Crippen LogP contribution in [0.2, 0.25) is 0 Å². The first-order valence-corrected chi connectivity index (χ1v) is 28.3. The maximum absolute atomic E-state index is 2.34. The van der Waals surface area contributed by atoms with Crippen molar-refractivity contribution in [2.24, 2.45) is 0 Å². The second kappa shape index (κ2) is 23.3. The zero-order valence-electron chi connectivity index (χ0n) is 47.5. The fourth-order valence-corrected chi connectivity index (χ4v) is 10.8. The Morgan fingerprint density at radius 2 is 0.207 bits per heavy atom. The molecule has 4 nitrogen and oxygen atoms in total. The van der Waals surface area contributed by atoms with E-state index in [9.17, 15) is 0 Å². The third-order valence-corrected chi connectivity index (χ3v) is 15.5. The van der Waals surface area contributed by atoms with E-state index in [2.05, 4.69) is 352 Å². The average molecular weight is 1060 g/mol. The van der Waals surface area contributed by atoms with Crippen LogP contribution in [0.3, 0.4) is 0 Å². The summed E-state index contributed by atoms with van der Waals surface area (Å²) < 4.78 is 0. The lowest BCUT2D eigenvalue weighted by Gasteiger charge is -2.27. The Labute approximate surface area is 484 Å². The maximum atomic E-state index is 2.34. The third-order valence-electron chi connectivity index (χ3n) is 15.5. The number of aryl methyl sites for hydroxylation is 6. The van der Waals surface area contributed by atoms with E-state index in [0.29, 0.717) is 0 Å². The summed E-state index contributed by atoms with van der Waals surface area (Å²) in [6.45, 7) is 12.8. The van der Waals surface area contributed by atoms with E-state index in [1.807, 2.05) is 0 Å². The molecule has 4 heteroatoms. The minimum atomic E-state index is 1.09. The maximum Gasteiger partial charge on any atom is 0.0462 e. The van der Waals surface area contributed by atoms with Crippen LogP contribution in [-0.2, 0) is 0 Å². The van der Waals surface area contributed by atoms with E-state index in [4.69, 9.17) is 0 Å². The van der Waals surface area contributed by atoms with Crippen molar-refractivity contribution < 1.29 is 0 Å². The van der Waals surface area contributed by atoms with Gasteiger partial charge in [0, 0.05) is 68.2 Å². The van der Waals surface area contributed by atoms with Gasteiger partial charge in [0.2, 0.25) is 0 Å². The lowest BCUT2D eigenvalue weighted by molar-refractivity contribution is 1.27. The highest BCUT2D eigenvalue weighted by molar-refractivity contribution is 5.85. The Morgan fingerprint density at radius 3 is 0.305 bits per heavy atom. The smallest absolute Gasteiger partial charge is 0.0462 e. The van der Waals surface area contributed by atoms with Crippen LogP contribution < -0.4 is 19.6 Å². The van der Waals surface area contributed by atoms with Crippen molar-refractivity contribution >= 4 is 68.2 Å².